The highest BCUT2D eigenvalue weighted by atomic mass is 79.9. The van der Waals surface area contributed by atoms with Crippen LogP contribution in [0.1, 0.15) is 73.4 Å². The number of carbonyl (C=O) groups is 1. The van der Waals surface area contributed by atoms with Crippen LogP contribution in [0.4, 0.5) is 8.78 Å². The van der Waals surface area contributed by atoms with Crippen molar-refractivity contribution in [2.24, 2.45) is 5.41 Å². The van der Waals surface area contributed by atoms with Crippen molar-refractivity contribution in [3.63, 3.8) is 0 Å². The summed E-state index contributed by atoms with van der Waals surface area (Å²) >= 11 is 3.53. The van der Waals surface area contributed by atoms with Crippen LogP contribution in [0.5, 0.6) is 11.5 Å². The topological polar surface area (TPSA) is 65.4 Å². The predicted molar refractivity (Wildman–Crippen MR) is 166 cm³/mol. The summed E-state index contributed by atoms with van der Waals surface area (Å²) in [6.07, 6.45) is 9.07. The van der Waals surface area contributed by atoms with Crippen molar-refractivity contribution in [2.75, 3.05) is 13.7 Å². The molecular formula is C34H36BrF2N3O3. The monoisotopic (exact) mass is 651 g/mol. The van der Waals surface area contributed by atoms with Crippen LogP contribution in [0.25, 0.3) is 10.9 Å². The highest BCUT2D eigenvalue weighted by molar-refractivity contribution is 9.10. The van der Waals surface area contributed by atoms with E-state index in [1.54, 1.807) is 19.2 Å². The summed E-state index contributed by atoms with van der Waals surface area (Å²) in [7, 11) is 1.58. The van der Waals surface area contributed by atoms with E-state index in [0.717, 1.165) is 59.5 Å². The Hall–Kier alpha value is -3.46. The third-order valence-corrected chi connectivity index (χ3v) is 9.98. The number of aryl methyl sites for hydroxylation is 1. The number of ether oxygens (including phenoxy) is 2. The summed E-state index contributed by atoms with van der Waals surface area (Å²) < 4.78 is 44.8. The molecule has 0 saturated heterocycles. The Bertz CT molecular complexity index is 1630. The normalized spacial score (nSPS) is 21.2. The fourth-order valence-corrected chi connectivity index (χ4v) is 7.11. The summed E-state index contributed by atoms with van der Waals surface area (Å²) in [4.78, 5) is 13.3. The van der Waals surface area contributed by atoms with Crippen LogP contribution in [0.3, 0.4) is 0 Å². The predicted octanol–water partition coefficient (Wildman–Crippen LogP) is 8.10. The van der Waals surface area contributed by atoms with Gasteiger partial charge in [-0.1, -0.05) is 47.5 Å². The van der Waals surface area contributed by atoms with Crippen LogP contribution in [-0.2, 0) is 18.6 Å². The molecule has 1 N–H and O–H groups in total. The van der Waals surface area contributed by atoms with Gasteiger partial charge in [0.05, 0.1) is 23.7 Å². The second kappa shape index (κ2) is 11.9. The molecule has 226 valence electrons. The van der Waals surface area contributed by atoms with Gasteiger partial charge in [0.2, 0.25) is 5.82 Å². The lowest BCUT2D eigenvalue weighted by molar-refractivity contribution is -0.00564. The first-order valence-corrected chi connectivity index (χ1v) is 15.7. The van der Waals surface area contributed by atoms with Gasteiger partial charge in [-0.3, -0.25) is 9.48 Å². The number of halogens is 3. The van der Waals surface area contributed by atoms with Crippen LogP contribution in [0.15, 0.2) is 59.2 Å². The molecule has 0 unspecified atom stereocenters. The molecule has 1 aromatic heterocycles. The molecule has 3 saturated carbocycles. The Morgan fingerprint density at radius 2 is 1.74 bits per heavy atom. The van der Waals surface area contributed by atoms with E-state index in [9.17, 15) is 4.79 Å². The van der Waals surface area contributed by atoms with Crippen molar-refractivity contribution >= 4 is 32.7 Å². The molecular weight excluding hydrogens is 616 g/mol. The standard InChI is InChI=1S/C34H36BrF2N3O3/c1-3-4-23-17-27(29(36)30(37)31(23)43-20-22-5-9-26(42-2)10-6-22)32(41)38-21-33-11-14-34(15-12-33,16-13-33)40-19-24-7-8-25(35)18-28(24)39-40/h5-10,17-19H,3-4,11-16,20-21H2,1-2H3,(H,38,41)/t33-,34+. The van der Waals surface area contributed by atoms with Gasteiger partial charge in [0.25, 0.3) is 5.91 Å². The zero-order chi connectivity index (χ0) is 30.2. The number of rotatable bonds is 10. The number of hydrogen-bond acceptors (Lipinski definition) is 4. The molecule has 43 heavy (non-hydrogen) atoms. The average Bonchev–Trinajstić information content (AvgIpc) is 3.47. The maximum absolute atomic E-state index is 15.4. The Balaban J connectivity index is 1.13. The van der Waals surface area contributed by atoms with Crippen LogP contribution >= 0.6 is 15.9 Å². The average molecular weight is 653 g/mol. The highest BCUT2D eigenvalue weighted by Crippen LogP contribution is 2.55. The minimum atomic E-state index is -1.18. The molecule has 7 rings (SSSR count). The van der Waals surface area contributed by atoms with Crippen molar-refractivity contribution in [3.8, 4) is 11.5 Å². The fourth-order valence-electron chi connectivity index (χ4n) is 6.76. The molecule has 3 fully saturated rings. The van der Waals surface area contributed by atoms with E-state index in [4.69, 9.17) is 14.6 Å². The second-order valence-electron chi connectivity index (χ2n) is 12.1. The molecule has 0 spiro atoms. The molecule has 1 heterocycles. The summed E-state index contributed by atoms with van der Waals surface area (Å²) in [6.45, 7) is 2.46. The van der Waals surface area contributed by atoms with Gasteiger partial charge in [-0.15, -0.1) is 0 Å². The van der Waals surface area contributed by atoms with Gasteiger partial charge in [-0.2, -0.15) is 9.49 Å². The molecule has 3 aliphatic rings. The third-order valence-electron chi connectivity index (χ3n) is 9.49. The molecule has 1 amide bonds. The molecule has 0 radical (unpaired) electrons. The number of methoxy groups -OCH3 is 1. The van der Waals surface area contributed by atoms with Gasteiger partial charge >= 0.3 is 0 Å². The lowest BCUT2D eigenvalue weighted by Crippen LogP contribution is -2.51. The Kier molecular flexibility index (Phi) is 8.20. The van der Waals surface area contributed by atoms with E-state index >= 15 is 8.78 Å². The van der Waals surface area contributed by atoms with E-state index in [2.05, 4.69) is 38.2 Å². The lowest BCUT2D eigenvalue weighted by Gasteiger charge is -2.53. The fraction of sp³-hybridized carbons (Fsp3) is 0.412. The molecule has 2 bridgehead atoms. The summed E-state index contributed by atoms with van der Waals surface area (Å²) in [5, 5.41) is 9.00. The molecule has 0 aliphatic heterocycles. The molecule has 0 atom stereocenters. The SMILES string of the molecule is CCCc1cc(C(=O)NC[C@]23CC[C@](n4cc5ccc(Br)cc5n4)(CC2)CC3)c(F)c(F)c1OCc1ccc(OC)cc1. The number of nitrogens with zero attached hydrogens (tertiary/aromatic N) is 2. The highest BCUT2D eigenvalue weighted by Gasteiger charge is 2.50. The van der Waals surface area contributed by atoms with Crippen LogP contribution in [-0.4, -0.2) is 29.3 Å². The molecule has 3 aliphatic carbocycles. The van der Waals surface area contributed by atoms with E-state index in [0.29, 0.717) is 30.7 Å². The number of hydrogen-bond donors (Lipinski definition) is 1. The summed E-state index contributed by atoms with van der Waals surface area (Å²) in [5.41, 5.74) is 1.93. The van der Waals surface area contributed by atoms with Gasteiger partial charge in [0.1, 0.15) is 12.4 Å². The molecule has 6 nitrogen and oxygen atoms in total. The molecule has 4 aromatic rings. The van der Waals surface area contributed by atoms with E-state index in [-0.39, 0.29) is 28.9 Å². The number of carbonyl (C=O) groups excluding carboxylic acids is 1. The van der Waals surface area contributed by atoms with Crippen LogP contribution in [0.2, 0.25) is 0 Å². The Labute approximate surface area is 258 Å². The van der Waals surface area contributed by atoms with E-state index < -0.39 is 17.5 Å². The first kappa shape index (κ1) is 29.6. The first-order valence-electron chi connectivity index (χ1n) is 14.9. The zero-order valence-electron chi connectivity index (χ0n) is 24.5. The van der Waals surface area contributed by atoms with Gasteiger partial charge in [0.15, 0.2) is 11.6 Å². The second-order valence-corrected chi connectivity index (χ2v) is 13.0. The molecule has 9 heteroatoms. The van der Waals surface area contributed by atoms with Crippen molar-refractivity contribution in [2.45, 2.75) is 70.4 Å². The van der Waals surface area contributed by atoms with Gasteiger partial charge in [0, 0.05) is 22.6 Å². The van der Waals surface area contributed by atoms with Crippen molar-refractivity contribution in [3.05, 3.63) is 87.5 Å². The maximum atomic E-state index is 15.4. The van der Waals surface area contributed by atoms with Crippen molar-refractivity contribution in [1.82, 2.24) is 15.1 Å². The minimum Gasteiger partial charge on any atom is -0.497 e. The summed E-state index contributed by atoms with van der Waals surface area (Å²) in [5.74, 6) is -2.33. The number of nitrogens with one attached hydrogen (secondary N) is 1. The zero-order valence-corrected chi connectivity index (χ0v) is 26.1. The Morgan fingerprint density at radius 3 is 2.42 bits per heavy atom. The van der Waals surface area contributed by atoms with Gasteiger partial charge in [-0.25, -0.2) is 4.39 Å². The van der Waals surface area contributed by atoms with Crippen molar-refractivity contribution < 1.29 is 23.0 Å². The van der Waals surface area contributed by atoms with Crippen LogP contribution in [0, 0.1) is 17.0 Å². The van der Waals surface area contributed by atoms with E-state index in [1.165, 1.54) is 6.07 Å². The lowest BCUT2D eigenvalue weighted by atomic mass is 9.57. The minimum absolute atomic E-state index is 0.0107. The first-order chi connectivity index (χ1) is 20.7. The number of benzene rings is 3. The number of amides is 1. The number of fused-ring (bicyclic) bond motifs is 4. The smallest absolute Gasteiger partial charge is 0.254 e. The quantitative estimate of drug-likeness (QED) is 0.188. The molecule has 3 aromatic carbocycles. The van der Waals surface area contributed by atoms with Crippen molar-refractivity contribution in [1.29, 1.82) is 0 Å². The third kappa shape index (κ3) is 5.76. The largest absolute Gasteiger partial charge is 0.497 e. The number of aromatic nitrogens is 2. The van der Waals surface area contributed by atoms with Gasteiger partial charge < -0.3 is 14.8 Å². The Morgan fingerprint density at radius 1 is 1.02 bits per heavy atom. The maximum Gasteiger partial charge on any atom is 0.254 e. The summed E-state index contributed by atoms with van der Waals surface area (Å²) in [6, 6.07) is 14.8. The van der Waals surface area contributed by atoms with Gasteiger partial charge in [-0.05, 0) is 91.8 Å². The van der Waals surface area contributed by atoms with Crippen LogP contribution < -0.4 is 14.8 Å². The van der Waals surface area contributed by atoms with E-state index in [1.807, 2.05) is 31.2 Å².